The van der Waals surface area contributed by atoms with Crippen LogP contribution in [-0.2, 0) is 122 Å². The van der Waals surface area contributed by atoms with Crippen LogP contribution < -0.4 is 70.0 Å². The molecule has 0 radical (unpaired) electrons. The number of nitrogens with zero attached hydrogens (tertiary/aromatic N) is 4. The zero-order chi connectivity index (χ0) is 96.9. The lowest BCUT2D eigenvalue weighted by Crippen LogP contribution is -2.61. The van der Waals surface area contributed by atoms with Crippen LogP contribution in [0.5, 0.6) is 5.75 Å². The highest BCUT2D eigenvalue weighted by atomic mass is 32.2. The Morgan fingerprint density at radius 2 is 1.23 bits per heavy atom. The first kappa shape index (κ1) is 101. The van der Waals surface area contributed by atoms with E-state index >= 15 is 47.1 Å². The van der Waals surface area contributed by atoms with Gasteiger partial charge in [-0.15, -0.1) is 0 Å². The summed E-state index contributed by atoms with van der Waals surface area (Å²) in [6, 6.07) is 6.60. The number of imidazole rings is 2. The van der Waals surface area contributed by atoms with Crippen molar-refractivity contribution in [1.82, 2.24) is 98.2 Å². The highest BCUT2D eigenvalue weighted by molar-refractivity contribution is 7.98. The highest BCUT2D eigenvalue weighted by Gasteiger charge is 2.43. The van der Waals surface area contributed by atoms with Crippen LogP contribution in [0, 0.1) is 17.5 Å². The number of fused-ring (bicyclic) bond motifs is 5. The molecule has 135 heavy (non-hydrogen) atoms. The normalized spacial score (nSPS) is 20.5. The van der Waals surface area contributed by atoms with Crippen LogP contribution in [0.2, 0.25) is 0 Å². The van der Waals surface area contributed by atoms with Crippen molar-refractivity contribution in [3.05, 3.63) is 209 Å². The first-order valence-electron chi connectivity index (χ1n) is 44.0. The molecule has 1 fully saturated rings. The Morgan fingerprint density at radius 1 is 0.615 bits per heavy atom. The molecule has 4 aromatic heterocycles. The summed E-state index contributed by atoms with van der Waals surface area (Å²) < 4.78 is 44.9. The van der Waals surface area contributed by atoms with Crippen molar-refractivity contribution in [3.63, 3.8) is 0 Å². The summed E-state index contributed by atoms with van der Waals surface area (Å²) in [5.74, 6) is -17.0. The summed E-state index contributed by atoms with van der Waals surface area (Å²) in [5, 5.41) is 50.4. The molecule has 5 aromatic carbocycles. The van der Waals surface area contributed by atoms with Crippen molar-refractivity contribution in [3.8, 4) is 5.75 Å². The van der Waals surface area contributed by atoms with E-state index in [1.54, 1.807) is 31.3 Å². The molecular weight excluding hydrogens is 1790 g/mol. The van der Waals surface area contributed by atoms with Gasteiger partial charge in [-0.1, -0.05) is 61.9 Å². The fourth-order valence-electron chi connectivity index (χ4n) is 16.0. The van der Waals surface area contributed by atoms with Crippen molar-refractivity contribution in [2.24, 2.45) is 11.5 Å². The fraction of sp³-hybridized carbons (Fsp3) is 0.402. The zero-order valence-electron chi connectivity index (χ0n) is 74.3. The summed E-state index contributed by atoms with van der Waals surface area (Å²) in [4.78, 5) is 242. The SMILES string of the molecule is CCC[C@H](NC(C)=O)C(=O)N[C@@H](Cc1cnc[nH]1)C(=O)N(C)[C@@H](Cc1ccc(F)cc1)C(=O)N[C@H]1CSCc2cccc(c2)CSC[C@@H](C(N)=O)NC(=O)[C@@H]2CCCN2C(=O)[C@H](Cc2ccc(O)cc2)NC(=O)[C@H](Cc2c[nH]cn2)NC(=O)[C@H](CC(=O)O)NC(=O)[C@H](Cc2c[nH]c3ccc(F)cc23)NC(=O)[C@H](CCc2c[nH]c3ccc(F)cc23)NC(=O)CNC(=O)[C@H](CCCCN)NC1=O. The molecule has 0 aliphatic carbocycles. The van der Waals surface area contributed by atoms with E-state index in [1.807, 2.05) is 6.07 Å². The number of hydrogen-bond acceptors (Lipinski definition) is 21. The number of likely N-dealkylation sites (N-methyl/N-ethyl adjacent to an activating group) is 1. The number of halogens is 3. The third-order valence-corrected chi connectivity index (χ3v) is 25.2. The smallest absolute Gasteiger partial charge is 0.305 e. The number of aromatic nitrogens is 6. The van der Waals surface area contributed by atoms with Gasteiger partial charge in [0.1, 0.15) is 95.7 Å². The number of aliphatic carboxylic acids is 1. The second-order valence-corrected chi connectivity index (χ2v) is 35.2. The number of hydrogen-bond donors (Lipinski definition) is 19. The summed E-state index contributed by atoms with van der Waals surface area (Å²) in [7, 11) is 1.29. The van der Waals surface area contributed by atoms with Gasteiger partial charge in [0.05, 0.1) is 31.3 Å². The summed E-state index contributed by atoms with van der Waals surface area (Å²) in [6.07, 6.45) is 6.21. The molecule has 14 amide bonds. The molecule has 718 valence electrons. The maximum atomic E-state index is 15.6. The molecule has 0 unspecified atom stereocenters. The third kappa shape index (κ3) is 29.4. The van der Waals surface area contributed by atoms with Gasteiger partial charge < -0.3 is 110 Å². The second-order valence-electron chi connectivity index (χ2n) is 33.2. The summed E-state index contributed by atoms with van der Waals surface area (Å²) in [5.41, 5.74) is 16.1. The number of carbonyl (C=O) groups excluding carboxylic acids is 14. The minimum Gasteiger partial charge on any atom is -0.508 e. The van der Waals surface area contributed by atoms with E-state index in [1.165, 1.54) is 123 Å². The van der Waals surface area contributed by atoms with Crippen LogP contribution in [-0.4, -0.2) is 249 Å². The fourth-order valence-corrected chi connectivity index (χ4v) is 18.0. The quantitative estimate of drug-likeness (QED) is 0.0299. The number of aromatic hydroxyl groups is 1. The molecule has 1 saturated heterocycles. The molecule has 2 aliphatic rings. The van der Waals surface area contributed by atoms with Crippen LogP contribution >= 0.6 is 23.5 Å². The monoisotopic (exact) mass is 1900 g/mol. The first-order chi connectivity index (χ1) is 64.8. The van der Waals surface area contributed by atoms with Gasteiger partial charge in [-0.3, -0.25) is 71.9 Å². The van der Waals surface area contributed by atoms with Crippen molar-refractivity contribution in [2.45, 2.75) is 194 Å². The third-order valence-electron chi connectivity index (χ3n) is 23.0. The Kier molecular flexibility index (Phi) is 36.9. The zero-order valence-corrected chi connectivity index (χ0v) is 75.9. The lowest BCUT2D eigenvalue weighted by atomic mass is 10.0. The lowest BCUT2D eigenvalue weighted by molar-refractivity contribution is -0.143. The summed E-state index contributed by atoms with van der Waals surface area (Å²) in [6.45, 7) is 2.18. The van der Waals surface area contributed by atoms with Gasteiger partial charge in [-0.25, -0.2) is 23.1 Å². The number of carbonyl (C=O) groups is 15. The van der Waals surface area contributed by atoms with E-state index in [4.69, 9.17) is 11.5 Å². The molecule has 11 rings (SSSR count). The molecule has 12 atom stereocenters. The standard InChI is InChI=1S/C92H110F3N21O17S2/c1-4-9-67(105-50(2)117)83(124)112-74(37-61-42-99-49-104-61)91(132)115(3)78(32-52-14-19-57(93)20-15-52)90(131)114-76-47-135-45-54-11-7-10-53(30-54)44-134-46-75(81(97)122)113-89(130)77-13-8-29-116(77)92(133)73(31-51-16-23-62(118)24-17-51)111-86(127)71(36-60-41-98-48-103-60)109-87(128)72(38-80(120)121)110-85(126)70(33-56-40-101-66-27-22-59(95)35-64(56)66)108-84(125)69(25-18-55-39-100-65-26-21-58(94)34-63(55)65)106-79(119)43-102-82(123)68(107-88(76)129)12-5-6-28-96/h7,10-11,14-17,19-24,26-27,30,34-35,39-42,48-49,67-78,100-101,118H,4-6,8-9,12-13,18,25,28-29,31-33,36-38,43-47,96H2,1-3H3,(H2,97,122)(H,98,103)(H,99,104)(H,102,123)(H,105,117)(H,106,119)(H,107,129)(H,108,125)(H,109,128)(H,110,126)(H,111,127)(H,112,124)(H,113,130)(H,114,131)(H,120,121)/t67-,68-,69-,70-,71-,72-,73-,74-,75-,76-,77-,78-/m0/s1. The number of unbranched alkanes of at least 4 members (excludes halogenated alkanes) is 1. The van der Waals surface area contributed by atoms with Crippen LogP contribution in [0.15, 0.2) is 147 Å². The largest absolute Gasteiger partial charge is 0.508 e. The predicted molar refractivity (Wildman–Crippen MR) is 492 cm³/mol. The van der Waals surface area contributed by atoms with Gasteiger partial charge in [-0.05, 0) is 152 Å². The number of H-pyrrole nitrogens is 4. The van der Waals surface area contributed by atoms with Gasteiger partial charge >= 0.3 is 5.97 Å². The number of phenols is 1. The first-order valence-corrected chi connectivity index (χ1v) is 46.3. The van der Waals surface area contributed by atoms with Crippen molar-refractivity contribution in [2.75, 3.05) is 38.2 Å². The number of rotatable bonds is 29. The maximum absolute atomic E-state index is 15.6. The number of primary amides is 1. The second kappa shape index (κ2) is 49.0. The Bertz CT molecular complexity index is 5700. The van der Waals surface area contributed by atoms with Crippen molar-refractivity contribution < 1.29 is 95.3 Å². The Morgan fingerprint density at radius 3 is 1.87 bits per heavy atom. The molecule has 0 spiro atoms. The van der Waals surface area contributed by atoms with E-state index in [-0.39, 0.29) is 123 Å². The van der Waals surface area contributed by atoms with Crippen LogP contribution in [0.1, 0.15) is 116 Å². The van der Waals surface area contributed by atoms with Crippen molar-refractivity contribution >= 4 is 134 Å². The van der Waals surface area contributed by atoms with E-state index in [2.05, 4.69) is 88.4 Å². The van der Waals surface area contributed by atoms with E-state index < -0.39 is 204 Å². The number of carboxylic acids is 1. The van der Waals surface area contributed by atoms with Crippen molar-refractivity contribution in [1.29, 1.82) is 0 Å². The Labute approximate surface area is 781 Å². The molecule has 0 saturated carbocycles. The Balaban J connectivity index is 0.951. The molecule has 6 heterocycles. The number of carboxylic acid groups (broad SMARTS) is 1. The molecule has 21 N–H and O–H groups in total. The van der Waals surface area contributed by atoms with Gasteiger partial charge in [0.2, 0.25) is 82.7 Å². The minimum absolute atomic E-state index is 0.0351. The number of aryl methyl sites for hydroxylation is 1. The molecule has 2 aliphatic heterocycles. The highest BCUT2D eigenvalue weighted by Crippen LogP contribution is 2.28. The summed E-state index contributed by atoms with van der Waals surface area (Å²) >= 11 is 2.37. The molecule has 9 aromatic rings. The van der Waals surface area contributed by atoms with Gasteiger partial charge in [0, 0.05) is 128 Å². The molecule has 43 heteroatoms. The van der Waals surface area contributed by atoms with Gasteiger partial charge in [0.25, 0.3) is 0 Å². The van der Waals surface area contributed by atoms with Crippen LogP contribution in [0.25, 0.3) is 21.8 Å². The minimum atomic E-state index is -2.12. The Hall–Kier alpha value is -14.1. The lowest BCUT2D eigenvalue weighted by Gasteiger charge is -2.33. The molecular formula is C92H110F3N21O17S2. The number of aromatic amines is 4. The molecule has 38 nitrogen and oxygen atoms in total. The number of thioether (sulfide) groups is 2. The average molecular weight is 1900 g/mol. The number of nitrogens with two attached hydrogens (primary N) is 2. The predicted octanol–water partition coefficient (Wildman–Crippen LogP) is 2.24. The molecule has 2 bridgehead atoms. The maximum Gasteiger partial charge on any atom is 0.305 e. The average Bonchev–Trinajstić information content (AvgIpc) is 1.76. The van der Waals surface area contributed by atoms with Gasteiger partial charge in [-0.2, -0.15) is 23.5 Å². The van der Waals surface area contributed by atoms with E-state index in [0.717, 1.165) is 40.9 Å². The number of nitrogens with one attached hydrogen (secondary N) is 15. The van der Waals surface area contributed by atoms with Crippen LogP contribution in [0.4, 0.5) is 13.2 Å². The number of benzene rings is 5. The number of phenolic OH excluding ortho intramolecular Hbond substituents is 1. The van der Waals surface area contributed by atoms with Crippen LogP contribution in [0.3, 0.4) is 0 Å². The topological polar surface area (TPSA) is 576 Å². The van der Waals surface area contributed by atoms with E-state index in [0.29, 0.717) is 62.8 Å². The number of amides is 14. The van der Waals surface area contributed by atoms with E-state index in [9.17, 15) is 48.2 Å². The van der Waals surface area contributed by atoms with Gasteiger partial charge in [0.15, 0.2) is 0 Å².